The molecule has 8 unspecified atom stereocenters. The van der Waals surface area contributed by atoms with Gasteiger partial charge in [-0.05, 0) is 32.0 Å². The molecule has 23 heteroatoms. The molecule has 6 aliphatic heterocycles. The van der Waals surface area contributed by atoms with Crippen LogP contribution in [0.3, 0.4) is 0 Å². The Labute approximate surface area is 339 Å². The highest BCUT2D eigenvalue weighted by Crippen LogP contribution is 2.35. The second kappa shape index (κ2) is 21.6. The smallest absolute Gasteiger partial charge is 0.217 e. The number of thiocarbonyl (C=S) groups is 1. The van der Waals surface area contributed by atoms with Gasteiger partial charge in [0.25, 0.3) is 0 Å². The molecule has 0 aliphatic carbocycles. The van der Waals surface area contributed by atoms with Crippen molar-refractivity contribution < 1.29 is 89.0 Å². The van der Waals surface area contributed by atoms with E-state index in [1.165, 1.54) is 25.6 Å². The number of hydrogen-bond donors (Lipinski definition) is 13. The van der Waals surface area contributed by atoms with Gasteiger partial charge in [-0.1, -0.05) is 12.8 Å². The lowest BCUT2D eigenvalue weighted by atomic mass is 9.85. The monoisotopic (exact) mass is 861 g/mol. The molecule has 0 spiro atoms. The molecule has 21 nitrogen and oxygen atoms in total. The van der Waals surface area contributed by atoms with Crippen LogP contribution in [-0.2, 0) is 38.0 Å². The van der Waals surface area contributed by atoms with Crippen molar-refractivity contribution in [2.75, 3.05) is 37.9 Å². The van der Waals surface area contributed by atoms with E-state index in [2.05, 4.69) is 16.0 Å². The van der Waals surface area contributed by atoms with Gasteiger partial charge in [0.1, 0.15) is 73.2 Å². The van der Waals surface area contributed by atoms with E-state index in [0.29, 0.717) is 31.1 Å². The predicted octanol–water partition coefficient (Wildman–Crippen LogP) is -5.54. The van der Waals surface area contributed by atoms with Gasteiger partial charge in [-0.25, -0.2) is 0 Å². The normalized spacial score (nSPS) is 45.5. The first kappa shape index (κ1) is 46.9. The number of amides is 1. The van der Waals surface area contributed by atoms with Crippen LogP contribution in [0.1, 0.15) is 39.5 Å². The van der Waals surface area contributed by atoms with Crippen molar-refractivity contribution in [2.45, 2.75) is 156 Å². The van der Waals surface area contributed by atoms with Gasteiger partial charge in [-0.3, -0.25) is 4.79 Å². The fourth-order valence-corrected chi connectivity index (χ4v) is 8.85. The number of hydrogen-bond acceptors (Lipinski definition) is 20. The molecule has 0 saturated carbocycles. The van der Waals surface area contributed by atoms with Crippen LogP contribution in [0.25, 0.3) is 0 Å². The van der Waals surface area contributed by atoms with Crippen LogP contribution < -0.4 is 16.0 Å². The average molecular weight is 862 g/mol. The summed E-state index contributed by atoms with van der Waals surface area (Å²) in [7, 11) is 0. The van der Waals surface area contributed by atoms with Crippen molar-refractivity contribution in [1.82, 2.24) is 16.0 Å². The van der Waals surface area contributed by atoms with E-state index in [1.54, 1.807) is 0 Å². The molecule has 330 valence electrons. The molecular formula is C34H59N3O18S2. The summed E-state index contributed by atoms with van der Waals surface area (Å²) < 4.78 is 41.3. The van der Waals surface area contributed by atoms with Crippen molar-refractivity contribution in [3.05, 3.63) is 0 Å². The summed E-state index contributed by atoms with van der Waals surface area (Å²) in [6, 6.07) is -1.28. The third-order valence-electron chi connectivity index (χ3n) is 10.9. The summed E-state index contributed by atoms with van der Waals surface area (Å²) in [6.45, 7) is 1.86. The molecule has 6 aliphatic rings. The Morgan fingerprint density at radius 3 is 2.09 bits per heavy atom. The summed E-state index contributed by atoms with van der Waals surface area (Å²) in [5.74, 6) is 0.193. The molecule has 6 heterocycles. The summed E-state index contributed by atoms with van der Waals surface area (Å²) in [4.78, 5) is 12.6. The Hall–Kier alpha value is -1.17. The Morgan fingerprint density at radius 2 is 1.40 bits per heavy atom. The van der Waals surface area contributed by atoms with Crippen molar-refractivity contribution in [2.24, 2.45) is 5.92 Å². The molecule has 13 N–H and O–H groups in total. The Bertz CT molecular complexity index is 1280. The van der Waals surface area contributed by atoms with Crippen LogP contribution >= 0.6 is 24.0 Å². The van der Waals surface area contributed by atoms with Gasteiger partial charge in [0.15, 0.2) is 30.2 Å². The number of thioether (sulfide) groups is 1. The number of rotatable bonds is 13. The fourth-order valence-electron chi connectivity index (χ4n) is 7.66. The van der Waals surface area contributed by atoms with E-state index in [-0.39, 0.29) is 17.1 Å². The first-order chi connectivity index (χ1) is 27.2. The molecule has 0 aromatic heterocycles. The Morgan fingerprint density at radius 1 is 0.737 bits per heavy atom. The topological polar surface area (TPSA) is 320 Å². The molecule has 0 radical (unpaired) electrons. The zero-order valence-corrected chi connectivity index (χ0v) is 33.3. The number of aliphatic hydroxyl groups excluding tert-OH is 10. The van der Waals surface area contributed by atoms with Crippen LogP contribution in [0.15, 0.2) is 0 Å². The molecule has 57 heavy (non-hydrogen) atoms. The number of nitrogens with one attached hydrogen (secondary N) is 3. The van der Waals surface area contributed by atoms with E-state index in [1.807, 2.05) is 0 Å². The fraction of sp³-hybridized carbons (Fsp3) is 0.941. The number of ether oxygens (including phenoxy) is 7. The second-order valence-electron chi connectivity index (χ2n) is 15.0. The third-order valence-corrected chi connectivity index (χ3v) is 12.2. The maximum Gasteiger partial charge on any atom is 0.217 e. The van der Waals surface area contributed by atoms with Crippen molar-refractivity contribution in [1.29, 1.82) is 0 Å². The van der Waals surface area contributed by atoms with Gasteiger partial charge >= 0.3 is 0 Å². The third kappa shape index (κ3) is 11.4. The van der Waals surface area contributed by atoms with E-state index < -0.39 is 130 Å². The van der Waals surface area contributed by atoms with Crippen molar-refractivity contribution >= 4 is 35.0 Å². The highest BCUT2D eigenvalue weighted by atomic mass is 32.2. The number of fused-ring (bicyclic) bond motifs is 7. The molecule has 20 atom stereocenters. The van der Waals surface area contributed by atoms with Crippen LogP contribution in [0.2, 0.25) is 0 Å². The molecule has 1 amide bonds. The summed E-state index contributed by atoms with van der Waals surface area (Å²) in [5, 5.41) is 114. The lowest BCUT2D eigenvalue weighted by Gasteiger charge is -2.50. The molecule has 0 aromatic rings. The molecule has 0 aromatic carbocycles. The minimum Gasteiger partial charge on any atom is -0.394 e. The highest BCUT2D eigenvalue weighted by molar-refractivity contribution is 7.99. The van der Waals surface area contributed by atoms with Gasteiger partial charge in [-0.2, -0.15) is 11.8 Å². The number of carbonyl (C=O) groups is 1. The van der Waals surface area contributed by atoms with Crippen LogP contribution in [0.4, 0.5) is 0 Å². The largest absolute Gasteiger partial charge is 0.394 e. The Balaban J connectivity index is 1.28. The van der Waals surface area contributed by atoms with Crippen LogP contribution in [0.5, 0.6) is 0 Å². The predicted molar refractivity (Wildman–Crippen MR) is 199 cm³/mol. The quantitative estimate of drug-likeness (QED) is 0.0607. The maximum absolute atomic E-state index is 12.6. The van der Waals surface area contributed by atoms with Crippen molar-refractivity contribution in [3.8, 4) is 0 Å². The van der Waals surface area contributed by atoms with E-state index in [0.717, 1.165) is 19.3 Å². The van der Waals surface area contributed by atoms with Crippen LogP contribution in [0, 0.1) is 5.92 Å². The summed E-state index contributed by atoms with van der Waals surface area (Å²) in [6.07, 6.45) is -21.8. The second-order valence-corrected chi connectivity index (χ2v) is 16.5. The zero-order chi connectivity index (χ0) is 41.6. The average Bonchev–Trinajstić information content (AvgIpc) is 3.18. The molecular weight excluding hydrogens is 803 g/mol. The lowest BCUT2D eigenvalue weighted by Crippen LogP contribution is -2.72. The first-order valence-corrected chi connectivity index (χ1v) is 20.8. The Kier molecular flexibility index (Phi) is 17.7. The molecule has 6 fully saturated rings. The maximum atomic E-state index is 12.6. The summed E-state index contributed by atoms with van der Waals surface area (Å²) >= 11 is 7.09. The number of carbonyl (C=O) groups excluding carboxylic acids is 1. The summed E-state index contributed by atoms with van der Waals surface area (Å²) in [5.41, 5.74) is 0. The minimum atomic E-state index is -1.88. The number of aliphatic hydroxyl groups is 10. The SMILES string of the molecule is CC(=O)N[C@@H]1C(O[C@@H]2OC(C)[C@H](O)C(O)[C@@H]2O)[C@@H](O[C@@H]2OC(CO)[C@H](O)C(O)[C@H]2O)C(CO)O[C@H]1NC(=S)NCCSCC1O[C@H]2OCCCCCC1[C@H](O)[C@H]2O. The molecule has 2 bridgehead atoms. The minimum absolute atomic E-state index is 0.0572. The highest BCUT2D eigenvalue weighted by Gasteiger charge is 2.54. The lowest BCUT2D eigenvalue weighted by molar-refractivity contribution is -0.361. The van der Waals surface area contributed by atoms with E-state index in [9.17, 15) is 55.9 Å². The molecule has 6 saturated heterocycles. The zero-order valence-electron chi connectivity index (χ0n) is 31.7. The van der Waals surface area contributed by atoms with E-state index >= 15 is 0 Å². The first-order valence-electron chi connectivity index (χ1n) is 19.3. The van der Waals surface area contributed by atoms with Gasteiger partial charge in [-0.15, -0.1) is 0 Å². The molecule has 6 rings (SSSR count). The van der Waals surface area contributed by atoms with E-state index in [4.69, 9.17) is 45.4 Å². The van der Waals surface area contributed by atoms with Gasteiger partial charge in [0, 0.05) is 37.5 Å². The standard InChI is InChI=1S/C34H59N3O18S2/c1-13-20(41)23(44)26(47)32(50-13)55-29-19(36-14(2)40)30(51-17(11-39)28(29)54-33-27(48)24(45)22(43)16(10-38)52-33)37-34(56)35-7-9-57-12-18-15-6-4-3-5-8-49-31(53-18)25(46)21(15)42/h13,15-33,38-39,41-48H,3-12H2,1-2H3,(H,36,40)(H2,35,37,56)/t13?,15?,16?,17?,18?,19-,20+,21+,22+,23?,24?,25-,26+,27-,28+,29?,30-,31-,32+,33+/m1/s1. The van der Waals surface area contributed by atoms with Gasteiger partial charge in [0.2, 0.25) is 5.91 Å². The van der Waals surface area contributed by atoms with Crippen LogP contribution in [-0.4, -0.2) is 217 Å². The van der Waals surface area contributed by atoms with Gasteiger partial charge < -0.3 is 100 Å². The van der Waals surface area contributed by atoms with Gasteiger partial charge in [0.05, 0.1) is 31.5 Å². The van der Waals surface area contributed by atoms with Crippen molar-refractivity contribution in [3.63, 3.8) is 0 Å².